The van der Waals surface area contributed by atoms with Crippen molar-refractivity contribution in [3.8, 4) is 0 Å². The Morgan fingerprint density at radius 1 is 0.623 bits per heavy atom. The van der Waals surface area contributed by atoms with Crippen molar-refractivity contribution in [1.82, 2.24) is 9.55 Å². The van der Waals surface area contributed by atoms with E-state index in [2.05, 4.69) is 108 Å². The van der Waals surface area contributed by atoms with Crippen molar-refractivity contribution in [2.24, 2.45) is 0 Å². The van der Waals surface area contributed by atoms with Gasteiger partial charge in [0.2, 0.25) is 0 Å². The Hall–Kier alpha value is -5.14. The maximum atomic E-state index is 12.9. The molecule has 2 aliphatic rings. The van der Waals surface area contributed by atoms with Gasteiger partial charge >= 0.3 is 33.3 Å². The summed E-state index contributed by atoms with van der Waals surface area (Å²) in [5.41, 5.74) is 4.58. The number of nitrogens with two attached hydrogens (primary N) is 1. The molecule has 4 unspecified atom stereocenters. The van der Waals surface area contributed by atoms with Crippen LogP contribution in [0.1, 0.15) is 123 Å². The largest absolute Gasteiger partial charge is 0.481 e. The second kappa shape index (κ2) is 39.3. The highest BCUT2D eigenvalue weighted by Crippen LogP contribution is 2.60. The predicted molar refractivity (Wildman–Crippen MR) is 297 cm³/mol. The first-order valence-electron chi connectivity index (χ1n) is 26.3. The number of hydrogen-bond acceptors (Lipinski definition) is 16. The van der Waals surface area contributed by atoms with Crippen LogP contribution in [0.3, 0.4) is 0 Å². The fourth-order valence-corrected chi connectivity index (χ4v) is 9.16. The maximum absolute atomic E-state index is 12.9. The molecule has 0 spiro atoms. The van der Waals surface area contributed by atoms with Gasteiger partial charge in [-0.05, 0) is 96.0 Å². The summed E-state index contributed by atoms with van der Waals surface area (Å²) in [5.74, 6) is -1.52. The number of nitrogen functional groups attached to an aromatic ring is 1. The van der Waals surface area contributed by atoms with Gasteiger partial charge < -0.3 is 44.7 Å². The van der Waals surface area contributed by atoms with Crippen molar-refractivity contribution in [2.75, 3.05) is 25.6 Å². The van der Waals surface area contributed by atoms with E-state index in [1.165, 1.54) is 6.07 Å². The van der Waals surface area contributed by atoms with Crippen molar-refractivity contribution in [3.05, 3.63) is 156 Å². The molecule has 2 fully saturated rings. The number of carbonyl (C=O) groups is 2. The van der Waals surface area contributed by atoms with E-state index < -0.39 is 83.7 Å². The van der Waals surface area contributed by atoms with E-state index in [4.69, 9.17) is 33.7 Å². The van der Waals surface area contributed by atoms with Gasteiger partial charge in [-0.1, -0.05) is 148 Å². The van der Waals surface area contributed by atoms with Crippen molar-refractivity contribution < 1.29 is 71.0 Å². The third-order valence-corrected chi connectivity index (χ3v) is 13.8. The molecule has 0 radical (unpaired) electrons. The lowest BCUT2D eigenvalue weighted by atomic mass is 10.1. The van der Waals surface area contributed by atoms with Gasteiger partial charge in [0.05, 0.1) is 25.4 Å². The van der Waals surface area contributed by atoms with E-state index in [0.29, 0.717) is 37.9 Å². The summed E-state index contributed by atoms with van der Waals surface area (Å²) < 4.78 is 62.3. The van der Waals surface area contributed by atoms with Crippen LogP contribution in [0.2, 0.25) is 0 Å². The van der Waals surface area contributed by atoms with E-state index in [9.17, 15) is 43.5 Å². The van der Waals surface area contributed by atoms with Gasteiger partial charge in [-0.25, -0.2) is 13.9 Å². The van der Waals surface area contributed by atoms with Crippen molar-refractivity contribution in [2.45, 2.75) is 159 Å². The van der Waals surface area contributed by atoms with Gasteiger partial charge in [-0.3, -0.25) is 23.2 Å². The molecule has 21 heteroatoms. The molecule has 0 amide bonds. The third-order valence-electron chi connectivity index (χ3n) is 11.2. The summed E-state index contributed by atoms with van der Waals surface area (Å²) in [6, 6.07) is 1.24. The number of aliphatic hydroxyl groups excluding tert-OH is 2. The summed E-state index contributed by atoms with van der Waals surface area (Å²) in [4.78, 5) is 61.9. The highest BCUT2D eigenvalue weighted by molar-refractivity contribution is 7.61. The van der Waals surface area contributed by atoms with Crippen LogP contribution >= 0.6 is 15.6 Å². The minimum atomic E-state index is -5.47. The molecule has 0 saturated carbocycles. The predicted octanol–water partition coefficient (Wildman–Crippen LogP) is 10.3. The van der Waals surface area contributed by atoms with Crippen LogP contribution in [0.15, 0.2) is 151 Å². The second-order valence-corrected chi connectivity index (χ2v) is 20.7. The average Bonchev–Trinajstić information content (AvgIpc) is 4.09. The van der Waals surface area contributed by atoms with E-state index in [1.54, 1.807) is 6.08 Å². The Bertz CT molecular complexity index is 2390. The van der Waals surface area contributed by atoms with Crippen LogP contribution in [0, 0.1) is 0 Å². The van der Waals surface area contributed by atoms with Crippen LogP contribution < -0.4 is 11.4 Å². The molecule has 2 saturated heterocycles. The smallest absolute Gasteiger partial charge is 0.462 e. The minimum absolute atomic E-state index is 0.0263. The molecule has 77 heavy (non-hydrogen) atoms. The van der Waals surface area contributed by atoms with E-state index >= 15 is 0 Å². The number of phosphoric acid groups is 2. The van der Waals surface area contributed by atoms with Gasteiger partial charge in [0.15, 0.2) is 12.3 Å². The highest BCUT2D eigenvalue weighted by Gasteiger charge is 2.46. The Kier molecular flexibility index (Phi) is 33.7. The molecule has 0 aromatic carbocycles. The van der Waals surface area contributed by atoms with Crippen LogP contribution in [-0.4, -0.2) is 97.9 Å². The van der Waals surface area contributed by atoms with Gasteiger partial charge in [0.25, 0.3) is 0 Å². The third kappa shape index (κ3) is 31.1. The number of phosphoric ester groups is 2. The lowest BCUT2D eigenvalue weighted by Crippen LogP contribution is -2.36. The molecule has 0 aliphatic carbocycles. The maximum Gasteiger partial charge on any atom is 0.481 e. The topological polar surface area (TPSA) is 278 Å². The number of hydrogen-bond donors (Lipinski definition) is 5. The number of epoxide rings is 1. The fourth-order valence-electron chi connectivity index (χ4n) is 7.05. The first-order valence-corrected chi connectivity index (χ1v) is 29.3. The molecule has 1 aromatic heterocycles. The summed E-state index contributed by atoms with van der Waals surface area (Å²) >= 11 is 0. The number of rotatable bonds is 40. The number of ether oxygens (including phenoxy) is 4. The number of anilines is 1. The number of esters is 2. The van der Waals surface area contributed by atoms with Gasteiger partial charge in [-0.2, -0.15) is 9.29 Å². The van der Waals surface area contributed by atoms with Gasteiger partial charge in [0, 0.05) is 19.0 Å². The van der Waals surface area contributed by atoms with Crippen molar-refractivity contribution in [3.63, 3.8) is 0 Å². The van der Waals surface area contributed by atoms with E-state index in [0.717, 1.165) is 75.0 Å². The van der Waals surface area contributed by atoms with Crippen LogP contribution in [-0.2, 0) is 51.0 Å². The van der Waals surface area contributed by atoms with Crippen molar-refractivity contribution in [1.29, 1.82) is 0 Å². The molecular weight excluding hydrogens is 1030 g/mol. The molecule has 2 aliphatic heterocycles. The highest BCUT2D eigenvalue weighted by atomic mass is 31.3. The number of allylic oxidation sites excluding steroid dienone is 20. The van der Waals surface area contributed by atoms with Gasteiger partial charge in [-0.15, -0.1) is 0 Å². The zero-order valence-electron chi connectivity index (χ0n) is 44.4. The molecule has 1 aromatic rings. The summed E-state index contributed by atoms with van der Waals surface area (Å²) in [6.45, 7) is 1.76. The summed E-state index contributed by atoms with van der Waals surface area (Å²) in [6.07, 6.45) is 50.3. The normalized spacial score (nSPS) is 22.3. The Morgan fingerprint density at radius 3 is 1.57 bits per heavy atom. The minimum Gasteiger partial charge on any atom is -0.462 e. The zero-order valence-corrected chi connectivity index (χ0v) is 46.2. The molecule has 0 bridgehead atoms. The SMILES string of the molecule is CC/C=C\C/C=C\C/C=C\C/C=C\C/C=C\C/C=C\CCC(=O)O[C@H](COC(=O)CC/C=C\C/C=C\C/C=C\C/C=C\CC1OC1C/C=C\CC)COP(=O)(O)OP(=O)(O)OC[C@H]1O[C@@H](n2ccc(N)nc2=O)[C@H](O)[C@@H]1O. The fraction of sp³-hybridized carbons (Fsp3) is 0.500. The molecular formula is C56H81N3O16P2. The number of nitrogens with zero attached hydrogens (tertiary/aromatic N) is 2. The monoisotopic (exact) mass is 1110 g/mol. The van der Waals surface area contributed by atoms with Crippen LogP contribution in [0.4, 0.5) is 5.82 Å². The van der Waals surface area contributed by atoms with E-state index in [1.807, 2.05) is 42.5 Å². The Labute approximate surface area is 453 Å². The molecule has 19 nitrogen and oxygen atoms in total. The lowest BCUT2D eigenvalue weighted by molar-refractivity contribution is -0.161. The first-order chi connectivity index (χ1) is 37.1. The molecule has 3 rings (SSSR count). The molecule has 426 valence electrons. The Balaban J connectivity index is 1.43. The zero-order chi connectivity index (χ0) is 56.0. The second-order valence-electron chi connectivity index (χ2n) is 17.6. The number of carbonyl (C=O) groups excluding carboxylic acids is 2. The molecule has 3 heterocycles. The first kappa shape index (κ1) is 66.1. The standard InChI is InChI=1S/C56H81N3O16P2/c1-3-5-7-8-9-10-11-12-13-14-15-16-17-18-23-26-29-32-36-40-52(61)72-46(43-69-51(60)39-35-31-28-25-22-20-19-21-24-27-30-34-38-48-47(73-48)37-33-6-4-2)44-70-76(65,66)75-77(67,68)71-45-49-53(62)54(63)55(74-49)59-42-41-50(57)58-56(59)64/h5-7,9-10,12-13,15-16,18,20-24,28-34,41-42,46-49,53-55,62-63H,3-4,8,11,14,17,19,25-27,35-40,43-45H2,1-2H3,(H,65,66)(H,67,68)(H2,57,58,64)/b7-5-,10-9-,13-12-,16-15-,22-20-,23-18-,24-21-,31-28-,32-29-,33-6-,34-30-/t46-,47?,48?,49-,53-,54-,55-/m1/s1. The molecule has 6 N–H and O–H groups in total. The number of aliphatic hydroxyl groups is 2. The molecule has 9 atom stereocenters. The summed E-state index contributed by atoms with van der Waals surface area (Å²) in [7, 11) is -10.9. The number of aromatic nitrogens is 2. The summed E-state index contributed by atoms with van der Waals surface area (Å²) in [5, 5.41) is 20.9. The lowest BCUT2D eigenvalue weighted by Gasteiger charge is -2.21. The van der Waals surface area contributed by atoms with Crippen molar-refractivity contribution >= 4 is 33.4 Å². The van der Waals surface area contributed by atoms with Crippen LogP contribution in [0.5, 0.6) is 0 Å². The average molecular weight is 1110 g/mol. The van der Waals surface area contributed by atoms with Gasteiger partial charge in [0.1, 0.15) is 30.7 Å². The quantitative estimate of drug-likeness (QED) is 0.0177. The Morgan fingerprint density at radius 2 is 1.06 bits per heavy atom. The van der Waals surface area contributed by atoms with Crippen LogP contribution in [0.25, 0.3) is 0 Å². The van der Waals surface area contributed by atoms with E-state index in [-0.39, 0.29) is 18.7 Å².